The fourth-order valence-electron chi connectivity index (χ4n) is 4.86. The van der Waals surface area contributed by atoms with E-state index in [2.05, 4.69) is 16.7 Å². The summed E-state index contributed by atoms with van der Waals surface area (Å²) in [5, 5.41) is 0. The Kier molecular flexibility index (Phi) is 7.61. The second-order valence-corrected chi connectivity index (χ2v) is 8.91. The zero-order valence-corrected chi connectivity index (χ0v) is 19.1. The molecule has 6 nitrogen and oxygen atoms in total. The summed E-state index contributed by atoms with van der Waals surface area (Å²) < 4.78 is 11.2. The Bertz CT molecular complexity index is 857. The molecule has 1 heterocycles. The van der Waals surface area contributed by atoms with Crippen LogP contribution in [0.15, 0.2) is 24.3 Å². The van der Waals surface area contributed by atoms with E-state index in [1.165, 1.54) is 7.11 Å². The van der Waals surface area contributed by atoms with Crippen molar-refractivity contribution in [3.8, 4) is 11.8 Å². The van der Waals surface area contributed by atoms with Crippen LogP contribution in [-0.4, -0.2) is 67.8 Å². The molecule has 0 unspecified atom stereocenters. The monoisotopic (exact) mass is 426 g/mol. The quantitative estimate of drug-likeness (QED) is 0.532. The number of nitrogens with zero attached hydrogens (tertiary/aromatic N) is 2. The Hall–Kier alpha value is -2.52. The molecule has 1 aromatic carbocycles. The first-order valence-electron chi connectivity index (χ1n) is 11.2. The third-order valence-corrected chi connectivity index (χ3v) is 6.32. The van der Waals surface area contributed by atoms with Gasteiger partial charge in [0.1, 0.15) is 0 Å². The molecule has 31 heavy (non-hydrogen) atoms. The molecule has 0 bridgehead atoms. The molecule has 2 aliphatic rings. The van der Waals surface area contributed by atoms with E-state index in [0.717, 1.165) is 43.4 Å². The van der Waals surface area contributed by atoms with Crippen LogP contribution in [0.2, 0.25) is 0 Å². The van der Waals surface area contributed by atoms with E-state index in [4.69, 9.17) is 9.47 Å². The number of carbonyl (C=O) groups excluding carboxylic acids is 2. The van der Waals surface area contributed by atoms with E-state index in [1.807, 2.05) is 45.3 Å². The van der Waals surface area contributed by atoms with Gasteiger partial charge in [0.15, 0.2) is 5.60 Å². The highest BCUT2D eigenvalue weighted by Crippen LogP contribution is 2.45. The number of ether oxygens (including phenoxy) is 2. The smallest absolute Gasteiger partial charge is 0.409 e. The van der Waals surface area contributed by atoms with Crippen LogP contribution in [-0.2, 0) is 14.3 Å². The standard InChI is InChI=1S/C25H34N2O4/c1-19-8-5-9-20(18-19)12-15-25(31-23(28)11-7-16-26(2)3)14-6-10-22-21(25)13-17-27(22)24(29)30-4/h5,8-9,18,21-22H,6-7,10-11,13-14,16-17H2,1-4H3/t21-,22-,25-/m1/s1. The van der Waals surface area contributed by atoms with Crippen molar-refractivity contribution in [1.82, 2.24) is 9.80 Å². The molecular weight excluding hydrogens is 392 g/mol. The summed E-state index contributed by atoms with van der Waals surface area (Å²) in [4.78, 5) is 28.9. The Morgan fingerprint density at radius 3 is 2.81 bits per heavy atom. The molecule has 3 atom stereocenters. The van der Waals surface area contributed by atoms with Crippen molar-refractivity contribution < 1.29 is 19.1 Å². The summed E-state index contributed by atoms with van der Waals surface area (Å²) in [7, 11) is 5.39. The highest BCUT2D eigenvalue weighted by Gasteiger charge is 2.53. The molecule has 1 aliphatic carbocycles. The van der Waals surface area contributed by atoms with Crippen molar-refractivity contribution in [3.05, 3.63) is 35.4 Å². The van der Waals surface area contributed by atoms with Crippen LogP contribution in [0.1, 0.15) is 49.7 Å². The molecule has 1 saturated carbocycles. The SMILES string of the molecule is COC(=O)N1CC[C@@H]2[C@H]1CCC[C@]2(C#Cc1cccc(C)c1)OC(=O)CCCN(C)C. The lowest BCUT2D eigenvalue weighted by Gasteiger charge is -2.42. The number of benzene rings is 1. The Morgan fingerprint density at radius 2 is 2.10 bits per heavy atom. The minimum Gasteiger partial charge on any atom is -0.453 e. The highest BCUT2D eigenvalue weighted by molar-refractivity contribution is 5.71. The summed E-state index contributed by atoms with van der Waals surface area (Å²) in [5.41, 5.74) is 1.18. The van der Waals surface area contributed by atoms with Crippen molar-refractivity contribution in [1.29, 1.82) is 0 Å². The van der Waals surface area contributed by atoms with Crippen molar-refractivity contribution >= 4 is 12.1 Å². The van der Waals surface area contributed by atoms with E-state index in [9.17, 15) is 9.59 Å². The lowest BCUT2D eigenvalue weighted by Crippen LogP contribution is -2.51. The van der Waals surface area contributed by atoms with Gasteiger partial charge in [0.25, 0.3) is 0 Å². The molecule has 0 N–H and O–H groups in total. The maximum Gasteiger partial charge on any atom is 0.409 e. The number of hydrogen-bond donors (Lipinski definition) is 0. The number of esters is 1. The average molecular weight is 427 g/mol. The minimum absolute atomic E-state index is 0.00421. The predicted octanol–water partition coefficient (Wildman–Crippen LogP) is 3.61. The lowest BCUT2D eigenvalue weighted by molar-refractivity contribution is -0.163. The van der Waals surface area contributed by atoms with Gasteiger partial charge in [0, 0.05) is 30.5 Å². The summed E-state index contributed by atoms with van der Waals surface area (Å²) >= 11 is 0. The number of likely N-dealkylation sites (tertiary alicyclic amines) is 1. The van der Waals surface area contributed by atoms with E-state index >= 15 is 0 Å². The van der Waals surface area contributed by atoms with E-state index < -0.39 is 5.60 Å². The zero-order chi connectivity index (χ0) is 22.4. The van der Waals surface area contributed by atoms with Crippen LogP contribution < -0.4 is 0 Å². The first-order valence-corrected chi connectivity index (χ1v) is 11.2. The van der Waals surface area contributed by atoms with Gasteiger partial charge in [-0.3, -0.25) is 4.79 Å². The van der Waals surface area contributed by atoms with E-state index in [0.29, 0.717) is 19.4 Å². The van der Waals surface area contributed by atoms with E-state index in [1.54, 1.807) is 4.90 Å². The Labute approximate surface area is 185 Å². The van der Waals surface area contributed by atoms with Crippen LogP contribution in [0.3, 0.4) is 0 Å². The van der Waals surface area contributed by atoms with Crippen LogP contribution in [0.25, 0.3) is 0 Å². The highest BCUT2D eigenvalue weighted by atomic mass is 16.6. The minimum atomic E-state index is -0.870. The molecular formula is C25H34N2O4. The predicted molar refractivity (Wildman–Crippen MR) is 120 cm³/mol. The maximum atomic E-state index is 12.8. The Balaban J connectivity index is 1.87. The van der Waals surface area contributed by atoms with Gasteiger partial charge in [-0.2, -0.15) is 0 Å². The first-order chi connectivity index (χ1) is 14.8. The molecule has 0 spiro atoms. The molecule has 0 aromatic heterocycles. The van der Waals surface area contributed by atoms with Crippen molar-refractivity contribution in [2.45, 2.75) is 57.1 Å². The van der Waals surface area contributed by atoms with Gasteiger partial charge in [-0.1, -0.05) is 18.1 Å². The number of amides is 1. The third kappa shape index (κ3) is 5.59. The van der Waals surface area contributed by atoms with Crippen LogP contribution in [0.5, 0.6) is 0 Å². The van der Waals surface area contributed by atoms with Crippen LogP contribution in [0.4, 0.5) is 4.79 Å². The maximum absolute atomic E-state index is 12.8. The molecule has 6 heteroatoms. The second-order valence-electron chi connectivity index (χ2n) is 8.91. The largest absolute Gasteiger partial charge is 0.453 e. The number of carbonyl (C=O) groups is 2. The first kappa shape index (κ1) is 23.1. The zero-order valence-electron chi connectivity index (χ0n) is 19.1. The normalized spacial score (nSPS) is 24.9. The van der Waals surface area contributed by atoms with Gasteiger partial charge >= 0.3 is 12.1 Å². The topological polar surface area (TPSA) is 59.1 Å². The second kappa shape index (κ2) is 10.2. The number of hydrogen-bond acceptors (Lipinski definition) is 5. The lowest BCUT2D eigenvalue weighted by atomic mass is 9.72. The number of methoxy groups -OCH3 is 1. The van der Waals surface area contributed by atoms with E-state index in [-0.39, 0.29) is 24.0 Å². The molecule has 0 radical (unpaired) electrons. The number of rotatable bonds is 5. The van der Waals surface area contributed by atoms with Gasteiger partial charge in [0.05, 0.1) is 7.11 Å². The average Bonchev–Trinajstić information content (AvgIpc) is 3.17. The molecule has 1 saturated heterocycles. The molecule has 1 aliphatic heterocycles. The van der Waals surface area contributed by atoms with Crippen molar-refractivity contribution in [2.75, 3.05) is 34.3 Å². The van der Waals surface area contributed by atoms with Gasteiger partial charge < -0.3 is 19.3 Å². The molecule has 3 rings (SSSR count). The van der Waals surface area contributed by atoms with Gasteiger partial charge in [-0.25, -0.2) is 4.79 Å². The molecule has 168 valence electrons. The van der Waals surface area contributed by atoms with Gasteiger partial charge in [0.2, 0.25) is 0 Å². The molecule has 1 amide bonds. The molecule has 2 fully saturated rings. The fourth-order valence-corrected chi connectivity index (χ4v) is 4.86. The Morgan fingerprint density at radius 1 is 1.29 bits per heavy atom. The summed E-state index contributed by atoms with van der Waals surface area (Å²) in [6.45, 7) is 3.47. The molecule has 1 aromatic rings. The van der Waals surface area contributed by atoms with Crippen molar-refractivity contribution in [2.24, 2.45) is 5.92 Å². The number of aryl methyl sites for hydroxylation is 1. The summed E-state index contributed by atoms with van der Waals surface area (Å²) in [6, 6.07) is 8.02. The van der Waals surface area contributed by atoms with Crippen molar-refractivity contribution in [3.63, 3.8) is 0 Å². The van der Waals surface area contributed by atoms with Gasteiger partial charge in [-0.15, -0.1) is 0 Å². The van der Waals surface area contributed by atoms with Crippen LogP contribution >= 0.6 is 0 Å². The van der Waals surface area contributed by atoms with Gasteiger partial charge in [-0.05, 0) is 83.3 Å². The summed E-state index contributed by atoms with van der Waals surface area (Å²) in [5.74, 6) is 6.44. The van der Waals surface area contributed by atoms with Crippen LogP contribution in [0, 0.1) is 24.7 Å². The third-order valence-electron chi connectivity index (χ3n) is 6.32. The summed E-state index contributed by atoms with van der Waals surface area (Å²) in [6.07, 6.45) is 3.98. The number of fused-ring (bicyclic) bond motifs is 1. The fraction of sp³-hybridized carbons (Fsp3) is 0.600.